The van der Waals surface area contributed by atoms with E-state index in [1.54, 1.807) is 18.2 Å². The van der Waals surface area contributed by atoms with E-state index in [2.05, 4.69) is 10.2 Å². The minimum atomic E-state index is -1.03. The molecule has 110 valence electrons. The Balaban J connectivity index is 1.98. The van der Waals surface area contributed by atoms with E-state index < -0.39 is 17.6 Å². The van der Waals surface area contributed by atoms with Crippen LogP contribution in [0.4, 0.5) is 8.78 Å². The van der Waals surface area contributed by atoms with Crippen LogP contribution in [-0.2, 0) is 0 Å². The average molecular weight is 300 g/mol. The Bertz CT molecular complexity index is 859. The third kappa shape index (κ3) is 2.58. The van der Waals surface area contributed by atoms with Gasteiger partial charge < -0.3 is 5.11 Å². The summed E-state index contributed by atoms with van der Waals surface area (Å²) in [7, 11) is 0. The van der Waals surface area contributed by atoms with Crippen LogP contribution in [0.3, 0.4) is 0 Å². The molecular weight excluding hydrogens is 290 g/mol. The molecule has 0 spiro atoms. The van der Waals surface area contributed by atoms with Crippen molar-refractivity contribution in [2.45, 2.75) is 0 Å². The Labute approximate surface area is 124 Å². The number of aromatic carboxylic acids is 1. The topological polar surface area (TPSA) is 66.0 Å². The number of carbonyl (C=O) groups is 1. The molecule has 0 bridgehead atoms. The van der Waals surface area contributed by atoms with Gasteiger partial charge in [-0.25, -0.2) is 13.6 Å². The van der Waals surface area contributed by atoms with Crippen LogP contribution in [-0.4, -0.2) is 21.3 Å². The lowest BCUT2D eigenvalue weighted by Gasteiger charge is -1.99. The smallest absolute Gasteiger partial charge is 0.335 e. The molecule has 0 unspecified atom stereocenters. The number of nitrogens with zero attached hydrogens (tertiary/aromatic N) is 1. The molecule has 3 rings (SSSR count). The van der Waals surface area contributed by atoms with Gasteiger partial charge in [0.2, 0.25) is 0 Å². The van der Waals surface area contributed by atoms with Gasteiger partial charge in [-0.2, -0.15) is 5.10 Å². The average Bonchev–Trinajstić information content (AvgIpc) is 3.00. The first-order chi connectivity index (χ1) is 10.5. The van der Waals surface area contributed by atoms with Gasteiger partial charge in [0, 0.05) is 11.1 Å². The predicted molar refractivity (Wildman–Crippen MR) is 76.3 cm³/mol. The minimum Gasteiger partial charge on any atom is -0.478 e. The summed E-state index contributed by atoms with van der Waals surface area (Å²) in [6.45, 7) is 0. The predicted octanol–water partition coefficient (Wildman–Crippen LogP) is 3.72. The van der Waals surface area contributed by atoms with Gasteiger partial charge in [0.25, 0.3) is 0 Å². The second-order valence-electron chi connectivity index (χ2n) is 4.68. The number of carboxylic acid groups (broad SMARTS) is 1. The number of hydrogen-bond donors (Lipinski definition) is 2. The highest BCUT2D eigenvalue weighted by Crippen LogP contribution is 2.25. The largest absolute Gasteiger partial charge is 0.478 e. The van der Waals surface area contributed by atoms with Gasteiger partial charge in [-0.3, -0.25) is 5.10 Å². The Kier molecular flexibility index (Phi) is 3.42. The van der Waals surface area contributed by atoms with Gasteiger partial charge in [0.05, 0.1) is 17.0 Å². The molecule has 0 amide bonds. The molecule has 22 heavy (non-hydrogen) atoms. The van der Waals surface area contributed by atoms with Gasteiger partial charge in [0.15, 0.2) is 11.6 Å². The maximum absolute atomic E-state index is 13.3. The van der Waals surface area contributed by atoms with Crippen molar-refractivity contribution < 1.29 is 18.7 Å². The molecule has 0 atom stereocenters. The zero-order chi connectivity index (χ0) is 15.7. The summed E-state index contributed by atoms with van der Waals surface area (Å²) in [5, 5.41) is 15.8. The third-order valence-corrected chi connectivity index (χ3v) is 3.21. The van der Waals surface area contributed by atoms with E-state index in [9.17, 15) is 13.6 Å². The fourth-order valence-electron chi connectivity index (χ4n) is 2.09. The van der Waals surface area contributed by atoms with E-state index >= 15 is 0 Å². The molecule has 2 aromatic carbocycles. The zero-order valence-corrected chi connectivity index (χ0v) is 11.2. The highest BCUT2D eigenvalue weighted by Gasteiger charge is 2.10. The lowest BCUT2D eigenvalue weighted by atomic mass is 10.1. The number of carboxylic acids is 1. The maximum atomic E-state index is 13.3. The number of halogens is 2. The molecule has 1 aromatic heterocycles. The summed E-state index contributed by atoms with van der Waals surface area (Å²) in [4.78, 5) is 11.0. The van der Waals surface area contributed by atoms with Crippen LogP contribution in [0.2, 0.25) is 0 Å². The SMILES string of the molecule is O=C(O)c1cccc(-c2cc(-c3ccc(F)c(F)c3)[nH]n2)c1. The van der Waals surface area contributed by atoms with Crippen LogP contribution in [0.25, 0.3) is 22.5 Å². The number of aromatic amines is 1. The standard InChI is InChI=1S/C16H10F2N2O2/c17-12-5-4-10(7-13(12)18)15-8-14(19-20-15)9-2-1-3-11(6-9)16(21)22/h1-8H,(H,19,20)(H,21,22). The molecular formula is C16H10F2N2O2. The first-order valence-electron chi connectivity index (χ1n) is 6.39. The summed E-state index contributed by atoms with van der Waals surface area (Å²) in [6.07, 6.45) is 0. The molecule has 0 fully saturated rings. The molecule has 6 heteroatoms. The van der Waals surface area contributed by atoms with Crippen molar-refractivity contribution in [3.63, 3.8) is 0 Å². The Hall–Kier alpha value is -3.02. The van der Waals surface area contributed by atoms with Crippen LogP contribution in [0.1, 0.15) is 10.4 Å². The van der Waals surface area contributed by atoms with Gasteiger partial charge in [-0.15, -0.1) is 0 Å². The maximum Gasteiger partial charge on any atom is 0.335 e. The number of rotatable bonds is 3. The van der Waals surface area contributed by atoms with Crippen molar-refractivity contribution in [1.29, 1.82) is 0 Å². The van der Waals surface area contributed by atoms with E-state index in [0.29, 0.717) is 22.5 Å². The number of H-pyrrole nitrogens is 1. The van der Waals surface area contributed by atoms with Crippen LogP contribution in [0, 0.1) is 11.6 Å². The molecule has 0 radical (unpaired) electrons. The van der Waals surface area contributed by atoms with Gasteiger partial charge >= 0.3 is 5.97 Å². The molecule has 0 aliphatic carbocycles. The molecule has 3 aromatic rings. The van der Waals surface area contributed by atoms with Gasteiger partial charge in [-0.1, -0.05) is 12.1 Å². The fourth-order valence-corrected chi connectivity index (χ4v) is 2.09. The monoisotopic (exact) mass is 300 g/mol. The first-order valence-corrected chi connectivity index (χ1v) is 6.39. The molecule has 0 saturated heterocycles. The molecule has 0 aliphatic heterocycles. The normalized spacial score (nSPS) is 10.6. The lowest BCUT2D eigenvalue weighted by molar-refractivity contribution is 0.0697. The molecule has 0 saturated carbocycles. The quantitative estimate of drug-likeness (QED) is 0.774. The Morgan fingerprint density at radius 1 is 1.00 bits per heavy atom. The zero-order valence-electron chi connectivity index (χ0n) is 11.2. The number of aromatic nitrogens is 2. The molecule has 4 nitrogen and oxygen atoms in total. The van der Waals surface area contributed by atoms with E-state index in [1.165, 1.54) is 18.2 Å². The van der Waals surface area contributed by atoms with Crippen molar-refractivity contribution in [3.8, 4) is 22.5 Å². The molecule has 1 heterocycles. The van der Waals surface area contributed by atoms with Crippen molar-refractivity contribution in [2.75, 3.05) is 0 Å². The van der Waals surface area contributed by atoms with Crippen molar-refractivity contribution >= 4 is 5.97 Å². The third-order valence-electron chi connectivity index (χ3n) is 3.21. The van der Waals surface area contributed by atoms with E-state index in [4.69, 9.17) is 5.11 Å². The van der Waals surface area contributed by atoms with Crippen LogP contribution >= 0.6 is 0 Å². The number of nitrogens with one attached hydrogen (secondary N) is 1. The Morgan fingerprint density at radius 2 is 1.82 bits per heavy atom. The summed E-state index contributed by atoms with van der Waals surface area (Å²) in [5.41, 5.74) is 2.24. The van der Waals surface area contributed by atoms with Crippen molar-refractivity contribution in [2.24, 2.45) is 0 Å². The van der Waals surface area contributed by atoms with E-state index in [1.807, 2.05) is 0 Å². The van der Waals surface area contributed by atoms with Crippen LogP contribution in [0.5, 0.6) is 0 Å². The van der Waals surface area contributed by atoms with Crippen molar-refractivity contribution in [1.82, 2.24) is 10.2 Å². The van der Waals surface area contributed by atoms with E-state index in [-0.39, 0.29) is 5.56 Å². The lowest BCUT2D eigenvalue weighted by Crippen LogP contribution is -1.95. The fraction of sp³-hybridized carbons (Fsp3) is 0. The van der Waals surface area contributed by atoms with E-state index in [0.717, 1.165) is 12.1 Å². The minimum absolute atomic E-state index is 0.148. The second kappa shape index (κ2) is 5.40. The summed E-state index contributed by atoms with van der Waals surface area (Å²) in [6, 6.07) is 11.5. The molecule has 2 N–H and O–H groups in total. The van der Waals surface area contributed by atoms with Crippen LogP contribution < -0.4 is 0 Å². The van der Waals surface area contributed by atoms with Gasteiger partial charge in [-0.05, 0) is 36.4 Å². The van der Waals surface area contributed by atoms with Crippen LogP contribution in [0.15, 0.2) is 48.5 Å². The number of hydrogen-bond acceptors (Lipinski definition) is 2. The van der Waals surface area contributed by atoms with Gasteiger partial charge in [0.1, 0.15) is 0 Å². The summed E-state index contributed by atoms with van der Waals surface area (Å²) >= 11 is 0. The summed E-state index contributed by atoms with van der Waals surface area (Å²) < 4.78 is 26.2. The second-order valence-corrected chi connectivity index (χ2v) is 4.68. The number of benzene rings is 2. The highest BCUT2D eigenvalue weighted by atomic mass is 19.2. The first kappa shape index (κ1) is 13.9. The highest BCUT2D eigenvalue weighted by molar-refractivity contribution is 5.89. The summed E-state index contributed by atoms with van der Waals surface area (Å²) in [5.74, 6) is -2.89. The molecule has 0 aliphatic rings. The van der Waals surface area contributed by atoms with Crippen molar-refractivity contribution in [3.05, 3.63) is 65.7 Å². The Morgan fingerprint density at radius 3 is 2.55 bits per heavy atom.